The van der Waals surface area contributed by atoms with Crippen molar-refractivity contribution < 1.29 is 4.79 Å². The van der Waals surface area contributed by atoms with Gasteiger partial charge in [-0.2, -0.15) is 0 Å². The highest BCUT2D eigenvalue weighted by Crippen LogP contribution is 2.09. The van der Waals surface area contributed by atoms with E-state index in [0.29, 0.717) is 11.6 Å². The van der Waals surface area contributed by atoms with E-state index < -0.39 is 0 Å². The topological polar surface area (TPSA) is 65.5 Å². The number of carbonyl (C=O) groups excluding carboxylic acids is 1. The van der Waals surface area contributed by atoms with Crippen LogP contribution in [0.15, 0.2) is 29.3 Å². The number of anilines is 1. The van der Waals surface area contributed by atoms with Crippen LogP contribution in [-0.2, 0) is 4.79 Å². The summed E-state index contributed by atoms with van der Waals surface area (Å²) in [5.74, 6) is 3.03. The molecule has 1 aromatic rings. The van der Waals surface area contributed by atoms with Gasteiger partial charge in [0.25, 0.3) is 0 Å². The molecule has 0 spiro atoms. The minimum Gasteiger partial charge on any atom is -0.356 e. The predicted octanol–water partition coefficient (Wildman–Crippen LogP) is 2.97. The number of terminal acetylenes is 1. The normalized spacial score (nSPS) is 10.3. The third-order valence-corrected chi connectivity index (χ3v) is 3.28. The van der Waals surface area contributed by atoms with Crippen LogP contribution in [0.3, 0.4) is 0 Å². The maximum atomic E-state index is 11.9. The molecule has 0 radical (unpaired) electrons. The Balaban J connectivity index is 0.00000529. The Kier molecular flexibility index (Phi) is 12.7. The van der Waals surface area contributed by atoms with E-state index in [1.54, 1.807) is 19.2 Å². The van der Waals surface area contributed by atoms with Gasteiger partial charge in [-0.05, 0) is 24.6 Å². The summed E-state index contributed by atoms with van der Waals surface area (Å²) < 4.78 is 0. The van der Waals surface area contributed by atoms with Gasteiger partial charge in [0.15, 0.2) is 5.96 Å². The van der Waals surface area contributed by atoms with Gasteiger partial charge in [0.05, 0.1) is 6.54 Å². The molecule has 0 bridgehead atoms. The largest absolute Gasteiger partial charge is 0.356 e. The lowest BCUT2D eigenvalue weighted by molar-refractivity contribution is -0.115. The molecule has 0 saturated heterocycles. The zero-order valence-electron chi connectivity index (χ0n) is 14.4. The molecule has 1 aromatic carbocycles. The highest BCUT2D eigenvalue weighted by molar-refractivity contribution is 14.0. The third-order valence-electron chi connectivity index (χ3n) is 3.28. The average molecular weight is 442 g/mol. The lowest BCUT2D eigenvalue weighted by Crippen LogP contribution is -2.41. The van der Waals surface area contributed by atoms with Crippen molar-refractivity contribution in [1.29, 1.82) is 0 Å². The standard InChI is InChI=1S/C18H26N4O.HI/c1-4-6-7-8-12-20-18(19-3)21-14-17(23)22-16-11-9-10-15(5-2)13-16;/h2,9-11,13H,4,6-8,12,14H2,1,3H3,(H,22,23)(H2,19,20,21);1H. The maximum absolute atomic E-state index is 11.9. The second kappa shape index (κ2) is 13.7. The van der Waals surface area contributed by atoms with Crippen molar-refractivity contribution in [3.8, 4) is 12.3 Å². The summed E-state index contributed by atoms with van der Waals surface area (Å²) in [6.07, 6.45) is 10.1. The SMILES string of the molecule is C#Cc1cccc(NC(=O)CNC(=NC)NCCCCCC)c1.I. The Hall–Kier alpha value is -1.75. The van der Waals surface area contributed by atoms with Crippen molar-refractivity contribution in [1.82, 2.24) is 10.6 Å². The van der Waals surface area contributed by atoms with Crippen molar-refractivity contribution >= 4 is 41.5 Å². The molecule has 0 heterocycles. The predicted molar refractivity (Wildman–Crippen MR) is 112 cm³/mol. The fourth-order valence-electron chi connectivity index (χ4n) is 2.04. The van der Waals surface area contributed by atoms with E-state index in [4.69, 9.17) is 6.42 Å². The van der Waals surface area contributed by atoms with Crippen LogP contribution in [0.25, 0.3) is 0 Å². The van der Waals surface area contributed by atoms with Gasteiger partial charge < -0.3 is 16.0 Å². The number of benzene rings is 1. The van der Waals surface area contributed by atoms with Crippen LogP contribution < -0.4 is 16.0 Å². The Labute approximate surface area is 162 Å². The first-order chi connectivity index (χ1) is 11.2. The molecule has 0 aliphatic heterocycles. The van der Waals surface area contributed by atoms with Crippen LogP contribution in [0, 0.1) is 12.3 Å². The Morgan fingerprint density at radius 1 is 1.25 bits per heavy atom. The smallest absolute Gasteiger partial charge is 0.243 e. The Morgan fingerprint density at radius 3 is 2.71 bits per heavy atom. The van der Waals surface area contributed by atoms with E-state index in [1.807, 2.05) is 12.1 Å². The molecular weight excluding hydrogens is 415 g/mol. The van der Waals surface area contributed by atoms with Crippen LogP contribution in [0.1, 0.15) is 38.2 Å². The number of amides is 1. The number of rotatable bonds is 8. The molecule has 0 atom stereocenters. The van der Waals surface area contributed by atoms with Gasteiger partial charge in [-0.25, -0.2) is 0 Å². The van der Waals surface area contributed by atoms with Crippen LogP contribution >= 0.6 is 24.0 Å². The summed E-state index contributed by atoms with van der Waals surface area (Å²) >= 11 is 0. The lowest BCUT2D eigenvalue weighted by Gasteiger charge is -2.12. The van der Waals surface area contributed by atoms with E-state index in [1.165, 1.54) is 19.3 Å². The number of hydrogen-bond donors (Lipinski definition) is 3. The van der Waals surface area contributed by atoms with E-state index in [2.05, 4.69) is 33.8 Å². The number of guanidine groups is 1. The first-order valence-corrected chi connectivity index (χ1v) is 8.00. The molecule has 0 unspecified atom stereocenters. The van der Waals surface area contributed by atoms with Gasteiger partial charge in [-0.1, -0.05) is 38.2 Å². The maximum Gasteiger partial charge on any atom is 0.243 e. The molecule has 0 fully saturated rings. The number of nitrogens with zero attached hydrogens (tertiary/aromatic N) is 1. The van der Waals surface area contributed by atoms with Crippen molar-refractivity contribution in [3.63, 3.8) is 0 Å². The van der Waals surface area contributed by atoms with Crippen LogP contribution in [0.5, 0.6) is 0 Å². The number of aliphatic imine (C=N–C) groups is 1. The molecule has 1 rings (SSSR count). The number of unbranched alkanes of at least 4 members (excludes halogenated alkanes) is 3. The molecule has 0 aliphatic rings. The second-order valence-corrected chi connectivity index (χ2v) is 5.19. The highest BCUT2D eigenvalue weighted by Gasteiger charge is 2.04. The van der Waals surface area contributed by atoms with Gasteiger partial charge in [0.2, 0.25) is 5.91 Å². The van der Waals surface area contributed by atoms with Crippen molar-refractivity contribution in [2.75, 3.05) is 25.5 Å². The summed E-state index contributed by atoms with van der Waals surface area (Å²) in [6.45, 7) is 3.19. The Morgan fingerprint density at radius 2 is 2.04 bits per heavy atom. The summed E-state index contributed by atoms with van der Waals surface area (Å²) in [4.78, 5) is 16.0. The monoisotopic (exact) mass is 442 g/mol. The fraction of sp³-hybridized carbons (Fsp3) is 0.444. The van der Waals surface area contributed by atoms with E-state index in [-0.39, 0.29) is 36.4 Å². The number of nitrogens with one attached hydrogen (secondary N) is 3. The van der Waals surface area contributed by atoms with Crippen molar-refractivity contribution in [2.45, 2.75) is 32.6 Å². The first-order valence-electron chi connectivity index (χ1n) is 8.00. The zero-order valence-corrected chi connectivity index (χ0v) is 16.7. The van der Waals surface area contributed by atoms with Crippen LogP contribution in [0.4, 0.5) is 5.69 Å². The molecule has 3 N–H and O–H groups in total. The minimum absolute atomic E-state index is 0. The Bertz CT molecular complexity index is 566. The average Bonchev–Trinajstić information content (AvgIpc) is 2.57. The van der Waals surface area contributed by atoms with Gasteiger partial charge >= 0.3 is 0 Å². The van der Waals surface area contributed by atoms with Crippen molar-refractivity contribution in [3.05, 3.63) is 29.8 Å². The molecule has 0 aliphatic carbocycles. The summed E-state index contributed by atoms with van der Waals surface area (Å²) in [7, 11) is 1.69. The quantitative estimate of drug-likeness (QED) is 0.191. The molecule has 24 heavy (non-hydrogen) atoms. The fourth-order valence-corrected chi connectivity index (χ4v) is 2.04. The molecule has 1 amide bonds. The summed E-state index contributed by atoms with van der Waals surface area (Å²) in [5, 5.41) is 8.99. The van der Waals surface area contributed by atoms with Crippen molar-refractivity contribution in [2.24, 2.45) is 4.99 Å². The molecule has 0 saturated carbocycles. The van der Waals surface area contributed by atoms with Crippen LogP contribution in [-0.4, -0.2) is 32.0 Å². The first kappa shape index (κ1) is 22.2. The molecule has 5 nitrogen and oxygen atoms in total. The highest BCUT2D eigenvalue weighted by atomic mass is 127. The summed E-state index contributed by atoms with van der Waals surface area (Å²) in [5.41, 5.74) is 1.43. The second-order valence-electron chi connectivity index (χ2n) is 5.19. The molecular formula is C18H27IN4O. The molecule has 0 aromatic heterocycles. The van der Waals surface area contributed by atoms with Crippen LogP contribution in [0.2, 0.25) is 0 Å². The van der Waals surface area contributed by atoms with E-state index >= 15 is 0 Å². The van der Waals surface area contributed by atoms with Gasteiger partial charge in [0.1, 0.15) is 0 Å². The van der Waals surface area contributed by atoms with E-state index in [0.717, 1.165) is 18.5 Å². The van der Waals surface area contributed by atoms with Gasteiger partial charge in [0, 0.05) is 24.8 Å². The van der Waals surface area contributed by atoms with Gasteiger partial charge in [-0.15, -0.1) is 30.4 Å². The molecule has 132 valence electrons. The van der Waals surface area contributed by atoms with E-state index in [9.17, 15) is 4.79 Å². The third kappa shape index (κ3) is 9.40. The molecule has 6 heteroatoms. The van der Waals surface area contributed by atoms with Gasteiger partial charge in [-0.3, -0.25) is 9.79 Å². The summed E-state index contributed by atoms with van der Waals surface area (Å²) in [6, 6.07) is 7.20. The minimum atomic E-state index is -0.145. The number of hydrogen-bond acceptors (Lipinski definition) is 2. The lowest BCUT2D eigenvalue weighted by atomic mass is 10.2. The number of halogens is 1. The zero-order chi connectivity index (χ0) is 16.9. The number of carbonyl (C=O) groups is 1.